The molecule has 1 aromatic heterocycles. The summed E-state index contributed by atoms with van der Waals surface area (Å²) >= 11 is 5.85. The largest absolute Gasteiger partial charge is 0.480 e. The molecule has 2 rings (SSSR count). The quantitative estimate of drug-likeness (QED) is 0.630. The van der Waals surface area contributed by atoms with Crippen LogP contribution in [0, 0.1) is 5.92 Å². The molecule has 1 unspecified atom stereocenters. The zero-order chi connectivity index (χ0) is 20.0. The highest BCUT2D eigenvalue weighted by atomic mass is 35.5. The molecule has 8 heteroatoms. The predicted molar refractivity (Wildman–Crippen MR) is 100 cm³/mol. The summed E-state index contributed by atoms with van der Waals surface area (Å²) in [7, 11) is 0. The second kappa shape index (κ2) is 9.05. The van der Waals surface area contributed by atoms with Gasteiger partial charge in [-0.1, -0.05) is 37.6 Å². The van der Waals surface area contributed by atoms with Crippen LogP contribution in [0.3, 0.4) is 0 Å². The number of halogens is 1. The van der Waals surface area contributed by atoms with Crippen LogP contribution in [0.25, 0.3) is 6.08 Å². The molecule has 0 fully saturated rings. The molecule has 7 nitrogen and oxygen atoms in total. The summed E-state index contributed by atoms with van der Waals surface area (Å²) in [6.07, 6.45) is 2.75. The van der Waals surface area contributed by atoms with Gasteiger partial charge in [-0.15, -0.1) is 0 Å². The van der Waals surface area contributed by atoms with E-state index in [0.717, 1.165) is 0 Å². The van der Waals surface area contributed by atoms with E-state index < -0.39 is 23.8 Å². The number of furan rings is 1. The lowest BCUT2D eigenvalue weighted by Gasteiger charge is -2.19. The Bertz CT molecular complexity index is 841. The van der Waals surface area contributed by atoms with Crippen LogP contribution in [0.1, 0.15) is 30.0 Å². The zero-order valence-corrected chi connectivity index (χ0v) is 15.5. The highest BCUT2D eigenvalue weighted by Gasteiger charge is 2.26. The molecule has 0 aliphatic heterocycles. The molecule has 1 aromatic carbocycles. The maximum atomic E-state index is 12.6. The van der Waals surface area contributed by atoms with Gasteiger partial charge >= 0.3 is 5.97 Å². The topological polar surface area (TPSA) is 109 Å². The van der Waals surface area contributed by atoms with Gasteiger partial charge in [0.05, 0.1) is 6.26 Å². The van der Waals surface area contributed by atoms with Crippen molar-refractivity contribution in [1.29, 1.82) is 0 Å². The zero-order valence-electron chi connectivity index (χ0n) is 14.7. The molecule has 0 aliphatic carbocycles. The Morgan fingerprint density at radius 1 is 1.15 bits per heavy atom. The van der Waals surface area contributed by atoms with E-state index >= 15 is 0 Å². The number of hydrogen-bond acceptors (Lipinski definition) is 4. The summed E-state index contributed by atoms with van der Waals surface area (Å²) < 4.78 is 5.02. The molecule has 27 heavy (non-hydrogen) atoms. The molecule has 1 heterocycles. The minimum absolute atomic E-state index is 0.0171. The van der Waals surface area contributed by atoms with Crippen molar-refractivity contribution in [2.24, 2.45) is 5.92 Å². The van der Waals surface area contributed by atoms with Gasteiger partial charge in [-0.25, -0.2) is 4.79 Å². The maximum absolute atomic E-state index is 12.6. The van der Waals surface area contributed by atoms with Crippen LogP contribution in [0.5, 0.6) is 0 Å². The average Bonchev–Trinajstić information content (AvgIpc) is 3.14. The van der Waals surface area contributed by atoms with Crippen molar-refractivity contribution in [3.05, 3.63) is 64.7 Å². The Labute approximate surface area is 161 Å². The third kappa shape index (κ3) is 5.72. The fourth-order valence-electron chi connectivity index (χ4n) is 2.21. The van der Waals surface area contributed by atoms with E-state index in [0.29, 0.717) is 10.6 Å². The third-order valence-electron chi connectivity index (χ3n) is 3.64. The van der Waals surface area contributed by atoms with Crippen LogP contribution in [-0.2, 0) is 9.59 Å². The van der Waals surface area contributed by atoms with Crippen molar-refractivity contribution < 1.29 is 23.9 Å². The molecule has 0 bridgehead atoms. The van der Waals surface area contributed by atoms with Crippen LogP contribution >= 0.6 is 11.6 Å². The summed E-state index contributed by atoms with van der Waals surface area (Å²) in [5, 5.41) is 14.7. The molecule has 2 aromatic rings. The number of benzene rings is 1. The molecule has 0 radical (unpaired) electrons. The number of amides is 2. The summed E-state index contributed by atoms with van der Waals surface area (Å²) in [4.78, 5) is 36.2. The van der Waals surface area contributed by atoms with Gasteiger partial charge in [0.15, 0.2) is 5.76 Å². The number of carbonyl (C=O) groups excluding carboxylic acids is 2. The van der Waals surface area contributed by atoms with E-state index in [4.69, 9.17) is 16.0 Å². The number of nitrogens with one attached hydrogen (secondary N) is 2. The lowest BCUT2D eigenvalue weighted by Crippen LogP contribution is -2.47. The maximum Gasteiger partial charge on any atom is 0.326 e. The van der Waals surface area contributed by atoms with Gasteiger partial charge in [-0.05, 0) is 41.8 Å². The van der Waals surface area contributed by atoms with E-state index in [1.165, 1.54) is 24.5 Å². The third-order valence-corrected chi connectivity index (χ3v) is 3.89. The van der Waals surface area contributed by atoms with E-state index in [1.54, 1.807) is 38.1 Å². The summed E-state index contributed by atoms with van der Waals surface area (Å²) in [6.45, 7) is 3.34. The minimum Gasteiger partial charge on any atom is -0.480 e. The average molecular weight is 391 g/mol. The molecular formula is C19H19ClN2O5. The Morgan fingerprint density at radius 2 is 1.81 bits per heavy atom. The van der Waals surface area contributed by atoms with Gasteiger partial charge in [0, 0.05) is 5.02 Å². The van der Waals surface area contributed by atoms with E-state index in [-0.39, 0.29) is 17.4 Å². The summed E-state index contributed by atoms with van der Waals surface area (Å²) in [6, 6.07) is 8.46. The summed E-state index contributed by atoms with van der Waals surface area (Å²) in [5.41, 5.74) is 0.478. The molecule has 0 saturated carbocycles. The Hall–Kier alpha value is -3.06. The second-order valence-corrected chi connectivity index (χ2v) is 6.51. The van der Waals surface area contributed by atoms with Gasteiger partial charge in [-0.2, -0.15) is 0 Å². The number of carboxylic acid groups (broad SMARTS) is 1. The van der Waals surface area contributed by atoms with Crippen LogP contribution in [0.2, 0.25) is 5.02 Å². The second-order valence-electron chi connectivity index (χ2n) is 6.07. The smallest absolute Gasteiger partial charge is 0.326 e. The molecule has 0 saturated heterocycles. The fourth-order valence-corrected chi connectivity index (χ4v) is 2.33. The number of aliphatic carboxylic acids is 1. The molecule has 1 atom stereocenters. The predicted octanol–water partition coefficient (Wildman–Crippen LogP) is 2.93. The van der Waals surface area contributed by atoms with Crippen LogP contribution in [0.4, 0.5) is 0 Å². The van der Waals surface area contributed by atoms with Crippen LogP contribution in [-0.4, -0.2) is 28.9 Å². The standard InChI is InChI=1S/C19H19ClN2O5/c1-11(2)16(19(25)26)22-17(23)14(10-12-5-7-13(20)8-6-12)21-18(24)15-4-3-9-27-15/h3-11,16H,1-2H3,(H,21,24)(H,22,23)(H,25,26)/b14-10-. The lowest BCUT2D eigenvalue weighted by atomic mass is 10.0. The highest BCUT2D eigenvalue weighted by Crippen LogP contribution is 2.13. The van der Waals surface area contributed by atoms with Crippen molar-refractivity contribution in [1.82, 2.24) is 10.6 Å². The van der Waals surface area contributed by atoms with Gasteiger partial charge in [-0.3, -0.25) is 9.59 Å². The number of hydrogen-bond donors (Lipinski definition) is 3. The Morgan fingerprint density at radius 3 is 2.33 bits per heavy atom. The van der Waals surface area contributed by atoms with Crippen LogP contribution in [0.15, 0.2) is 52.8 Å². The first-order valence-electron chi connectivity index (χ1n) is 8.13. The lowest BCUT2D eigenvalue weighted by molar-refractivity contribution is -0.142. The SMILES string of the molecule is CC(C)C(NC(=O)/C(=C/c1ccc(Cl)cc1)NC(=O)c1ccco1)C(=O)O. The Kier molecular flexibility index (Phi) is 6.79. The number of carbonyl (C=O) groups is 3. The molecule has 142 valence electrons. The highest BCUT2D eigenvalue weighted by molar-refractivity contribution is 6.30. The van der Waals surface area contributed by atoms with Gasteiger partial charge in [0.2, 0.25) is 0 Å². The molecule has 0 aliphatic rings. The van der Waals surface area contributed by atoms with Gasteiger partial charge in [0.25, 0.3) is 11.8 Å². The number of carboxylic acids is 1. The number of rotatable bonds is 7. The van der Waals surface area contributed by atoms with E-state index in [1.807, 2.05) is 0 Å². The van der Waals surface area contributed by atoms with Crippen LogP contribution < -0.4 is 10.6 Å². The molecular weight excluding hydrogens is 372 g/mol. The first kappa shape index (κ1) is 20.3. The van der Waals surface area contributed by atoms with Crippen molar-refractivity contribution in [3.63, 3.8) is 0 Å². The van der Waals surface area contributed by atoms with Gasteiger partial charge < -0.3 is 20.2 Å². The van der Waals surface area contributed by atoms with Crippen molar-refractivity contribution in [2.45, 2.75) is 19.9 Å². The first-order chi connectivity index (χ1) is 12.8. The molecule has 3 N–H and O–H groups in total. The van der Waals surface area contributed by atoms with Crippen molar-refractivity contribution >= 4 is 35.5 Å². The monoisotopic (exact) mass is 390 g/mol. The first-order valence-corrected chi connectivity index (χ1v) is 8.51. The van der Waals surface area contributed by atoms with Gasteiger partial charge in [0.1, 0.15) is 11.7 Å². The molecule has 0 spiro atoms. The Balaban J connectivity index is 2.30. The van der Waals surface area contributed by atoms with Crippen molar-refractivity contribution in [2.75, 3.05) is 0 Å². The minimum atomic E-state index is -1.17. The van der Waals surface area contributed by atoms with E-state index in [9.17, 15) is 19.5 Å². The summed E-state index contributed by atoms with van der Waals surface area (Å²) in [5.74, 6) is -2.85. The van der Waals surface area contributed by atoms with E-state index in [2.05, 4.69) is 10.6 Å². The normalized spacial score (nSPS) is 12.5. The fraction of sp³-hybridized carbons (Fsp3) is 0.211. The van der Waals surface area contributed by atoms with Crippen molar-refractivity contribution in [3.8, 4) is 0 Å². The molecule has 2 amide bonds.